The smallest absolute Gasteiger partial charge is 0.222 e. The number of nitrogens with one attached hydrogen (secondary N) is 1. The molecule has 0 aromatic carbocycles. The predicted octanol–water partition coefficient (Wildman–Crippen LogP) is 2.83. The molecule has 2 aliphatic rings. The fraction of sp³-hybridized carbons (Fsp3) is 0.818. The van der Waals surface area contributed by atoms with E-state index in [0.29, 0.717) is 24.3 Å². The van der Waals surface area contributed by atoms with Crippen molar-refractivity contribution in [2.45, 2.75) is 71.4 Å². The Bertz CT molecular complexity index is 635. The normalized spacial score (nSPS) is 22.5. The highest BCUT2D eigenvalue weighted by Gasteiger charge is 2.26. The molecule has 1 aromatic heterocycles. The van der Waals surface area contributed by atoms with Gasteiger partial charge in [-0.3, -0.25) is 9.69 Å². The number of aromatic amines is 1. The standard InChI is InChI=1S/C22H39N5O/c1-5-21-23-17(2)20(24-21)16-27-12-6-7-18(15-27)8-9-22(28)26(4)19-10-13-25(3)14-11-19/h18-19H,5-16H2,1-4H3,(H,23,24)/t18-/m1/s1. The molecule has 0 spiro atoms. The lowest BCUT2D eigenvalue weighted by Gasteiger charge is -2.36. The monoisotopic (exact) mass is 389 g/mol. The number of imidazole rings is 1. The van der Waals surface area contributed by atoms with Crippen molar-refractivity contribution in [3.8, 4) is 0 Å². The van der Waals surface area contributed by atoms with Gasteiger partial charge >= 0.3 is 0 Å². The molecule has 3 heterocycles. The van der Waals surface area contributed by atoms with Crippen LogP contribution in [0.3, 0.4) is 0 Å². The number of hydrogen-bond acceptors (Lipinski definition) is 4. The molecule has 1 amide bonds. The topological polar surface area (TPSA) is 55.5 Å². The van der Waals surface area contributed by atoms with E-state index >= 15 is 0 Å². The number of piperidine rings is 2. The molecule has 6 heteroatoms. The summed E-state index contributed by atoms with van der Waals surface area (Å²) in [7, 11) is 4.18. The first-order valence-electron chi connectivity index (χ1n) is 11.2. The van der Waals surface area contributed by atoms with E-state index in [-0.39, 0.29) is 0 Å². The van der Waals surface area contributed by atoms with Crippen LogP contribution in [0.4, 0.5) is 0 Å². The van der Waals surface area contributed by atoms with Crippen LogP contribution >= 0.6 is 0 Å². The van der Waals surface area contributed by atoms with Gasteiger partial charge in [0, 0.05) is 44.7 Å². The number of likely N-dealkylation sites (tertiary alicyclic amines) is 2. The van der Waals surface area contributed by atoms with Crippen LogP contribution in [0.25, 0.3) is 0 Å². The van der Waals surface area contributed by atoms with E-state index in [1.165, 1.54) is 24.2 Å². The van der Waals surface area contributed by atoms with Gasteiger partial charge in [0.25, 0.3) is 0 Å². The number of carbonyl (C=O) groups excluding carboxylic acids is 1. The minimum absolute atomic E-state index is 0.336. The molecule has 2 saturated heterocycles. The molecular weight excluding hydrogens is 350 g/mol. The number of H-pyrrole nitrogens is 1. The molecule has 0 radical (unpaired) electrons. The van der Waals surface area contributed by atoms with Crippen LogP contribution < -0.4 is 0 Å². The Kier molecular flexibility index (Phi) is 7.52. The highest BCUT2D eigenvalue weighted by Crippen LogP contribution is 2.24. The van der Waals surface area contributed by atoms with Gasteiger partial charge in [-0.05, 0) is 71.6 Å². The van der Waals surface area contributed by atoms with Crippen LogP contribution in [0.1, 0.15) is 62.7 Å². The maximum atomic E-state index is 12.7. The quantitative estimate of drug-likeness (QED) is 0.779. The summed E-state index contributed by atoms with van der Waals surface area (Å²) in [6.45, 7) is 9.65. The van der Waals surface area contributed by atoms with Crippen LogP contribution in [0.5, 0.6) is 0 Å². The SMILES string of the molecule is CCc1nc(CN2CCC[C@H](CCC(=O)N(C)C3CCN(C)CC3)C2)c(C)[nH]1. The minimum atomic E-state index is 0.336. The average molecular weight is 390 g/mol. The molecular formula is C22H39N5O. The van der Waals surface area contributed by atoms with Gasteiger partial charge in [0.2, 0.25) is 5.91 Å². The van der Waals surface area contributed by atoms with Crippen molar-refractivity contribution in [1.82, 2.24) is 24.7 Å². The number of amides is 1. The zero-order valence-electron chi connectivity index (χ0n) is 18.3. The summed E-state index contributed by atoms with van der Waals surface area (Å²) >= 11 is 0. The van der Waals surface area contributed by atoms with Gasteiger partial charge in [-0.1, -0.05) is 6.92 Å². The summed E-state index contributed by atoms with van der Waals surface area (Å²) in [5, 5.41) is 0. The Morgan fingerprint density at radius 1 is 1.25 bits per heavy atom. The van der Waals surface area contributed by atoms with Crippen LogP contribution in [0.15, 0.2) is 0 Å². The van der Waals surface area contributed by atoms with Crippen molar-refractivity contribution in [2.75, 3.05) is 40.3 Å². The summed E-state index contributed by atoms with van der Waals surface area (Å²) in [5.74, 6) is 2.06. The van der Waals surface area contributed by atoms with E-state index in [9.17, 15) is 4.79 Å². The fourth-order valence-electron chi connectivity index (χ4n) is 4.72. The molecule has 0 aliphatic carbocycles. The number of carbonyl (C=O) groups is 1. The van der Waals surface area contributed by atoms with Gasteiger partial charge in [0.15, 0.2) is 0 Å². The zero-order chi connectivity index (χ0) is 20.1. The lowest BCUT2D eigenvalue weighted by atomic mass is 9.92. The molecule has 0 bridgehead atoms. The van der Waals surface area contributed by atoms with Crippen molar-refractivity contribution < 1.29 is 4.79 Å². The molecule has 1 atom stereocenters. The minimum Gasteiger partial charge on any atom is -0.346 e. The lowest BCUT2D eigenvalue weighted by Crippen LogP contribution is -2.44. The van der Waals surface area contributed by atoms with E-state index in [4.69, 9.17) is 4.98 Å². The van der Waals surface area contributed by atoms with Gasteiger partial charge in [-0.2, -0.15) is 0 Å². The Morgan fingerprint density at radius 2 is 2.00 bits per heavy atom. The summed E-state index contributed by atoms with van der Waals surface area (Å²) in [6.07, 6.45) is 7.37. The van der Waals surface area contributed by atoms with Crippen LogP contribution in [-0.2, 0) is 17.8 Å². The molecule has 1 N–H and O–H groups in total. The largest absolute Gasteiger partial charge is 0.346 e. The van der Waals surface area contributed by atoms with Crippen LogP contribution in [0, 0.1) is 12.8 Å². The first-order valence-corrected chi connectivity index (χ1v) is 11.2. The molecule has 0 saturated carbocycles. The van der Waals surface area contributed by atoms with E-state index in [1.54, 1.807) is 0 Å². The second-order valence-electron chi connectivity index (χ2n) is 8.93. The Balaban J connectivity index is 1.44. The number of aryl methyl sites for hydroxylation is 2. The summed E-state index contributed by atoms with van der Waals surface area (Å²) in [6, 6.07) is 0.432. The summed E-state index contributed by atoms with van der Waals surface area (Å²) < 4.78 is 0. The Morgan fingerprint density at radius 3 is 2.68 bits per heavy atom. The summed E-state index contributed by atoms with van der Waals surface area (Å²) in [4.78, 5) is 27.8. The van der Waals surface area contributed by atoms with Gasteiger partial charge in [-0.25, -0.2) is 4.98 Å². The van der Waals surface area contributed by atoms with Crippen LogP contribution in [0.2, 0.25) is 0 Å². The van der Waals surface area contributed by atoms with E-state index in [1.807, 2.05) is 11.9 Å². The second kappa shape index (κ2) is 9.88. The highest BCUT2D eigenvalue weighted by atomic mass is 16.2. The van der Waals surface area contributed by atoms with Crippen molar-refractivity contribution >= 4 is 5.91 Å². The number of aromatic nitrogens is 2. The van der Waals surface area contributed by atoms with Crippen molar-refractivity contribution in [3.05, 3.63) is 17.2 Å². The van der Waals surface area contributed by atoms with Gasteiger partial charge < -0.3 is 14.8 Å². The van der Waals surface area contributed by atoms with Crippen LogP contribution in [-0.4, -0.2) is 76.9 Å². The average Bonchev–Trinajstić information content (AvgIpc) is 3.06. The van der Waals surface area contributed by atoms with Gasteiger partial charge in [0.1, 0.15) is 5.82 Å². The predicted molar refractivity (Wildman–Crippen MR) is 113 cm³/mol. The summed E-state index contributed by atoms with van der Waals surface area (Å²) in [5.41, 5.74) is 2.39. The Labute approximate surface area is 170 Å². The van der Waals surface area contributed by atoms with Crippen molar-refractivity contribution in [1.29, 1.82) is 0 Å². The molecule has 6 nitrogen and oxygen atoms in total. The molecule has 3 rings (SSSR count). The first-order chi connectivity index (χ1) is 13.5. The van der Waals surface area contributed by atoms with Crippen molar-refractivity contribution in [2.24, 2.45) is 5.92 Å². The molecule has 2 aliphatic heterocycles. The third kappa shape index (κ3) is 5.57. The number of nitrogens with zero attached hydrogens (tertiary/aromatic N) is 4. The molecule has 28 heavy (non-hydrogen) atoms. The number of hydrogen-bond donors (Lipinski definition) is 1. The maximum Gasteiger partial charge on any atom is 0.222 e. The zero-order valence-corrected chi connectivity index (χ0v) is 18.3. The Hall–Kier alpha value is -1.40. The van der Waals surface area contributed by atoms with E-state index < -0.39 is 0 Å². The third-order valence-corrected chi connectivity index (χ3v) is 6.74. The third-order valence-electron chi connectivity index (χ3n) is 6.74. The molecule has 0 unspecified atom stereocenters. The van der Waals surface area contributed by atoms with E-state index in [0.717, 1.165) is 64.2 Å². The molecule has 1 aromatic rings. The molecule has 2 fully saturated rings. The first kappa shape index (κ1) is 21.3. The van der Waals surface area contributed by atoms with Crippen molar-refractivity contribution in [3.63, 3.8) is 0 Å². The fourth-order valence-corrected chi connectivity index (χ4v) is 4.72. The molecule has 158 valence electrons. The second-order valence-corrected chi connectivity index (χ2v) is 8.93. The maximum absolute atomic E-state index is 12.7. The van der Waals surface area contributed by atoms with Gasteiger partial charge in [-0.15, -0.1) is 0 Å². The highest BCUT2D eigenvalue weighted by molar-refractivity contribution is 5.76. The van der Waals surface area contributed by atoms with E-state index in [2.05, 4.69) is 35.7 Å². The van der Waals surface area contributed by atoms with Gasteiger partial charge in [0.05, 0.1) is 5.69 Å². The lowest BCUT2D eigenvalue weighted by molar-refractivity contribution is -0.133. The number of rotatable bonds is 7.